The molecule has 0 atom stereocenters. The first-order chi connectivity index (χ1) is 15.8. The number of hydrogen-bond donors (Lipinski definition) is 0. The van der Waals surface area contributed by atoms with Gasteiger partial charge in [0.15, 0.2) is 0 Å². The molecule has 5 heteroatoms. The predicted octanol–water partition coefficient (Wildman–Crippen LogP) is 8.70. The zero-order chi connectivity index (χ0) is 25.2. The van der Waals surface area contributed by atoms with E-state index in [-0.39, 0.29) is 33.1 Å². The van der Waals surface area contributed by atoms with E-state index in [9.17, 15) is 9.59 Å². The van der Waals surface area contributed by atoms with Gasteiger partial charge in [0.05, 0.1) is 13.2 Å². The Balaban J connectivity index is 0. The van der Waals surface area contributed by atoms with Crippen LogP contribution in [0.3, 0.4) is 0 Å². The summed E-state index contributed by atoms with van der Waals surface area (Å²) in [7, 11) is 0. The summed E-state index contributed by atoms with van der Waals surface area (Å²) in [5.74, 6) is -0.280. The van der Waals surface area contributed by atoms with E-state index in [1.54, 1.807) is 0 Å². The first-order valence-electron chi connectivity index (χ1n) is 13.9. The molecule has 0 unspecified atom stereocenters. The molecule has 33 heavy (non-hydrogen) atoms. The fraction of sp³-hybridized carbons (Fsp3) is 0.929. The molecule has 0 aliphatic carbocycles. The topological polar surface area (TPSA) is 52.6 Å². The van der Waals surface area contributed by atoms with E-state index >= 15 is 0 Å². The number of hydrogen-bond acceptors (Lipinski definition) is 4. The van der Waals surface area contributed by atoms with Crippen LogP contribution in [0.5, 0.6) is 0 Å². The third kappa shape index (κ3) is 34.0. The van der Waals surface area contributed by atoms with Crippen molar-refractivity contribution in [2.24, 2.45) is 0 Å². The predicted molar refractivity (Wildman–Crippen MR) is 143 cm³/mol. The summed E-state index contributed by atoms with van der Waals surface area (Å²) in [5.41, 5.74) is 0. The average molecular weight is 575 g/mol. The summed E-state index contributed by atoms with van der Waals surface area (Å²) in [6, 6.07) is 0. The zero-order valence-corrected chi connectivity index (χ0v) is 25.9. The molecule has 0 aromatic carbocycles. The molecule has 0 fully saturated rings. The number of carbonyl (C=O) groups excluding carboxylic acids is 2. The monoisotopic (exact) mass is 576 g/mol. The molecule has 0 heterocycles. The van der Waals surface area contributed by atoms with Crippen molar-refractivity contribution in [3.05, 3.63) is 0 Å². The normalized spacial score (nSPS) is 10.8. The van der Waals surface area contributed by atoms with Gasteiger partial charge in [-0.2, -0.15) is 0 Å². The summed E-state index contributed by atoms with van der Waals surface area (Å²) >= 11 is 0.0389. The Labute approximate surface area is 216 Å². The Morgan fingerprint density at radius 1 is 0.545 bits per heavy atom. The second kappa shape index (κ2) is 28.0. The van der Waals surface area contributed by atoms with E-state index in [1.807, 2.05) is 0 Å². The number of unbranched alkanes of at least 4 members (excludes halogenated alkanes) is 11. The van der Waals surface area contributed by atoms with E-state index in [1.165, 1.54) is 51.4 Å². The molecule has 0 rings (SSSR count). The van der Waals surface area contributed by atoms with Gasteiger partial charge in [0.1, 0.15) is 0 Å². The van der Waals surface area contributed by atoms with Crippen LogP contribution in [0, 0.1) is 0 Å². The van der Waals surface area contributed by atoms with Crippen molar-refractivity contribution >= 4 is 33.1 Å². The van der Waals surface area contributed by atoms with Crippen LogP contribution in [-0.2, 0) is 19.1 Å². The van der Waals surface area contributed by atoms with Gasteiger partial charge < -0.3 is 9.47 Å². The fourth-order valence-electron chi connectivity index (χ4n) is 3.49. The van der Waals surface area contributed by atoms with Crippen molar-refractivity contribution < 1.29 is 19.1 Å². The van der Waals surface area contributed by atoms with Gasteiger partial charge in [-0.25, -0.2) is 0 Å². The minimum atomic E-state index is -0.140. The number of rotatable bonds is 21. The van der Waals surface area contributed by atoms with E-state index in [0.717, 1.165) is 33.6 Å². The van der Waals surface area contributed by atoms with Gasteiger partial charge in [-0.15, -0.1) is 0 Å². The van der Waals surface area contributed by atoms with Crippen LogP contribution in [0.1, 0.15) is 144 Å². The maximum absolute atomic E-state index is 11.6. The third-order valence-corrected chi connectivity index (χ3v) is 9.01. The van der Waals surface area contributed by atoms with Crippen LogP contribution in [-0.4, -0.2) is 46.3 Å². The summed E-state index contributed by atoms with van der Waals surface area (Å²) in [4.78, 5) is 23.2. The molecular weight excluding hydrogens is 519 g/mol. The van der Waals surface area contributed by atoms with Crippen molar-refractivity contribution in [3.63, 3.8) is 0 Å². The molecule has 0 bridgehead atoms. The van der Waals surface area contributed by atoms with Gasteiger partial charge >= 0.3 is 68.6 Å². The third-order valence-electron chi connectivity index (χ3n) is 5.20. The van der Waals surface area contributed by atoms with Gasteiger partial charge in [0.2, 0.25) is 0 Å². The summed E-state index contributed by atoms with van der Waals surface area (Å²) in [6.45, 7) is 14.8. The molecular formula is C28H56O4Sn. The molecule has 0 aliphatic rings. The fourth-order valence-corrected chi connectivity index (χ4v) is 7.29. The van der Waals surface area contributed by atoms with Crippen LogP contribution >= 0.6 is 0 Å². The Hall–Kier alpha value is -0.261. The van der Waals surface area contributed by atoms with Gasteiger partial charge in [-0.3, -0.25) is 9.59 Å². The van der Waals surface area contributed by atoms with Crippen LogP contribution in [0.15, 0.2) is 0 Å². The standard InChI is InChI=1S/C22H42O4.2C3H7.Sn/c1-3-5-7-9-11-15-19-25-21(23)17-13-14-18-22(24)26-20-16-12-10-8-6-4-2;2*1-3-2;/h3-20H2,1-2H3;2*3H,1-2H3;. The number of esters is 2. The van der Waals surface area contributed by atoms with E-state index in [0.29, 0.717) is 38.9 Å². The van der Waals surface area contributed by atoms with Gasteiger partial charge in [-0.1, -0.05) is 78.1 Å². The molecule has 2 radical (unpaired) electrons. The molecule has 196 valence electrons. The van der Waals surface area contributed by atoms with Crippen molar-refractivity contribution in [2.45, 2.75) is 152 Å². The summed E-state index contributed by atoms with van der Waals surface area (Å²) in [5, 5.41) is 0. The Morgan fingerprint density at radius 3 is 1.18 bits per heavy atom. The van der Waals surface area contributed by atoms with Crippen LogP contribution < -0.4 is 0 Å². The second-order valence-electron chi connectivity index (χ2n) is 9.66. The van der Waals surface area contributed by atoms with E-state index in [2.05, 4.69) is 41.5 Å². The number of carbonyl (C=O) groups is 2. The summed E-state index contributed by atoms with van der Waals surface area (Å²) in [6.07, 6.45) is 16.5. The van der Waals surface area contributed by atoms with Crippen LogP contribution in [0.25, 0.3) is 0 Å². The zero-order valence-electron chi connectivity index (χ0n) is 23.0. The molecule has 0 saturated carbocycles. The first kappa shape index (κ1) is 34.9. The average Bonchev–Trinajstić information content (AvgIpc) is 2.75. The van der Waals surface area contributed by atoms with Gasteiger partial charge in [0, 0.05) is 12.8 Å². The molecule has 0 aromatic heterocycles. The molecule has 0 saturated heterocycles. The van der Waals surface area contributed by atoms with Gasteiger partial charge in [-0.05, 0) is 25.7 Å². The van der Waals surface area contributed by atoms with Crippen LogP contribution in [0.4, 0.5) is 0 Å². The van der Waals surface area contributed by atoms with Crippen molar-refractivity contribution in [1.29, 1.82) is 0 Å². The maximum atomic E-state index is 11.6. The summed E-state index contributed by atoms with van der Waals surface area (Å²) < 4.78 is 12.5. The van der Waals surface area contributed by atoms with Crippen LogP contribution in [0.2, 0.25) is 7.87 Å². The Bertz CT molecular complexity index is 386. The molecule has 0 spiro atoms. The molecule has 0 N–H and O–H groups in total. The SMILES string of the molecule is CCCCCCCCOC(=O)CCCCC(=O)OCCCCCCCC.C[CH](C)[Sn][CH](C)C. The molecule has 0 aromatic rings. The number of ether oxygens (including phenoxy) is 2. The Morgan fingerprint density at radius 2 is 0.879 bits per heavy atom. The van der Waals surface area contributed by atoms with E-state index < -0.39 is 0 Å². The Kier molecular flexibility index (Phi) is 29.6. The van der Waals surface area contributed by atoms with Gasteiger partial charge in [0.25, 0.3) is 0 Å². The molecule has 0 aliphatic heterocycles. The van der Waals surface area contributed by atoms with Crippen molar-refractivity contribution in [2.75, 3.05) is 13.2 Å². The molecule has 0 amide bonds. The quantitative estimate of drug-likeness (QED) is 0.0781. The minimum absolute atomic E-state index is 0.0389. The van der Waals surface area contributed by atoms with Crippen molar-refractivity contribution in [3.8, 4) is 0 Å². The van der Waals surface area contributed by atoms with Crippen molar-refractivity contribution in [1.82, 2.24) is 0 Å². The molecule has 4 nitrogen and oxygen atoms in total. The second-order valence-corrected chi connectivity index (χ2v) is 17.2. The van der Waals surface area contributed by atoms with E-state index in [4.69, 9.17) is 9.47 Å². The first-order valence-corrected chi connectivity index (χ1v) is 17.2.